The molecule has 30 heteroatoms. The Kier molecular flexibility index (Phi) is 36.2. The average Bonchev–Trinajstić information content (AvgIpc) is 1.68. The lowest BCUT2D eigenvalue weighted by Crippen LogP contribution is -2.44. The first-order valence-electron chi connectivity index (χ1n) is 37.5. The van der Waals surface area contributed by atoms with Crippen molar-refractivity contribution in [2.75, 3.05) is 152 Å². The quantitative estimate of drug-likeness (QED) is 0.0358. The van der Waals surface area contributed by atoms with E-state index in [-0.39, 0.29) is 118 Å². The molecule has 5 aliphatic rings. The van der Waals surface area contributed by atoms with Gasteiger partial charge >= 0.3 is 6.09 Å². The zero-order valence-corrected chi connectivity index (χ0v) is 63.5. The molecule has 594 valence electrons. The number of aliphatic imine (C=N–C) groups is 2. The molecule has 1 unspecified atom stereocenters. The number of rotatable bonds is 54. The van der Waals surface area contributed by atoms with Gasteiger partial charge in [0.1, 0.15) is 12.4 Å². The Balaban J connectivity index is 0.610. The lowest BCUT2D eigenvalue weighted by atomic mass is 9.90. The minimum atomic E-state index is -0.765. The first-order valence-corrected chi connectivity index (χ1v) is 37.5. The number of nitrogens with zero attached hydrogens (tertiary/aromatic N) is 5. The summed E-state index contributed by atoms with van der Waals surface area (Å²) in [5, 5.41) is 8.26. The lowest BCUT2D eigenvalue weighted by Gasteiger charge is -2.21. The molecule has 0 aliphatic carbocycles. The normalized spacial score (nSPS) is 16.1. The number of ketones is 2. The maximum atomic E-state index is 13.8. The Labute approximate surface area is 636 Å². The minimum Gasteiger partial charge on any atom is -0.493 e. The van der Waals surface area contributed by atoms with Gasteiger partial charge in [-0.15, -0.1) is 0 Å². The second-order valence-corrected chi connectivity index (χ2v) is 26.9. The number of carbonyl (C=O) groups is 9. The van der Waals surface area contributed by atoms with E-state index in [2.05, 4.69) is 20.9 Å². The highest BCUT2D eigenvalue weighted by Gasteiger charge is 2.35. The molecule has 5 heterocycles. The molecule has 0 fully saturated rings. The van der Waals surface area contributed by atoms with Gasteiger partial charge in [-0.25, -0.2) is 4.79 Å². The molecule has 30 nitrogen and oxygen atoms in total. The Bertz CT molecular complexity index is 3670. The third-order valence-corrected chi connectivity index (χ3v) is 18.1. The monoisotopic (exact) mass is 1520 g/mol. The molecular formula is C79H106N8O22. The predicted molar refractivity (Wildman–Crippen MR) is 401 cm³/mol. The molecule has 0 saturated carbocycles. The van der Waals surface area contributed by atoms with Gasteiger partial charge < -0.3 is 87.3 Å². The van der Waals surface area contributed by atoms with Crippen molar-refractivity contribution in [2.45, 2.75) is 129 Å². The van der Waals surface area contributed by atoms with Crippen LogP contribution in [-0.2, 0) is 78.0 Å². The molecule has 0 radical (unpaired) electrons. The molecule has 5 aliphatic heterocycles. The number of hydrogen-bond donors (Lipinski definition) is 3. The van der Waals surface area contributed by atoms with Crippen molar-refractivity contribution in [2.24, 2.45) is 15.9 Å². The van der Waals surface area contributed by atoms with Crippen LogP contribution < -0.4 is 34.9 Å². The maximum Gasteiger partial charge on any atom is 0.407 e. The van der Waals surface area contributed by atoms with Gasteiger partial charge in [0.15, 0.2) is 28.8 Å². The van der Waals surface area contributed by atoms with Crippen LogP contribution in [0.1, 0.15) is 137 Å². The topological polar surface area (TPSA) is 344 Å². The molecule has 0 bridgehead atoms. The highest BCUT2D eigenvalue weighted by molar-refractivity contribution is 6.13. The van der Waals surface area contributed by atoms with Crippen LogP contribution in [0.25, 0.3) is 0 Å². The molecule has 3 aromatic carbocycles. The number of nitrogens with one attached hydrogen (secondary N) is 3. The molecule has 3 aromatic rings. The smallest absolute Gasteiger partial charge is 0.407 e. The van der Waals surface area contributed by atoms with Gasteiger partial charge in [-0.1, -0.05) is 56.2 Å². The van der Waals surface area contributed by atoms with Gasteiger partial charge in [0.05, 0.1) is 173 Å². The van der Waals surface area contributed by atoms with Crippen molar-refractivity contribution in [3.05, 3.63) is 106 Å². The van der Waals surface area contributed by atoms with Gasteiger partial charge in [-0.3, -0.25) is 53.2 Å². The van der Waals surface area contributed by atoms with Crippen LogP contribution in [0.5, 0.6) is 23.0 Å². The van der Waals surface area contributed by atoms with Crippen molar-refractivity contribution in [3.8, 4) is 23.0 Å². The summed E-state index contributed by atoms with van der Waals surface area (Å²) < 4.78 is 73.9. The fraction of sp³-hybridized carbons (Fsp3) is 0.557. The van der Waals surface area contributed by atoms with E-state index >= 15 is 0 Å². The number of carbonyl (C=O) groups excluding carboxylic acids is 9. The summed E-state index contributed by atoms with van der Waals surface area (Å²) in [4.78, 5) is 128. The molecule has 7 amide bonds. The van der Waals surface area contributed by atoms with Gasteiger partial charge in [0.25, 0.3) is 23.6 Å². The van der Waals surface area contributed by atoms with Crippen LogP contribution in [0.15, 0.2) is 94.2 Å². The molecule has 0 spiro atoms. The molecular weight excluding hydrogens is 1410 g/mol. The molecule has 109 heavy (non-hydrogen) atoms. The largest absolute Gasteiger partial charge is 0.493 e. The van der Waals surface area contributed by atoms with E-state index < -0.39 is 29.9 Å². The number of hydrogen-bond acceptors (Lipinski definition) is 24. The number of imide groups is 1. The van der Waals surface area contributed by atoms with Crippen molar-refractivity contribution in [1.82, 2.24) is 30.7 Å². The van der Waals surface area contributed by atoms with Crippen LogP contribution in [0.4, 0.5) is 16.2 Å². The van der Waals surface area contributed by atoms with E-state index in [1.807, 2.05) is 46.3 Å². The molecule has 0 saturated heterocycles. The Hall–Kier alpha value is -9.27. The Morgan fingerprint density at radius 3 is 1.46 bits per heavy atom. The first-order chi connectivity index (χ1) is 52.9. The van der Waals surface area contributed by atoms with Gasteiger partial charge in [-0.2, -0.15) is 0 Å². The van der Waals surface area contributed by atoms with E-state index in [0.29, 0.717) is 189 Å². The van der Waals surface area contributed by atoms with E-state index in [9.17, 15) is 43.2 Å². The van der Waals surface area contributed by atoms with Gasteiger partial charge in [-0.05, 0) is 81.5 Å². The second kappa shape index (κ2) is 46.3. The van der Waals surface area contributed by atoms with Gasteiger partial charge in [0.2, 0.25) is 11.8 Å². The standard InChI is InChI=1S/C79H106N8O22/c1-54(2)76(84-73(91)20-27-98-29-31-100-33-35-102-37-39-104-41-42-105-40-38-103-36-34-101-32-30-99-28-22-80-72(90)19-23-85-74(92)17-18-75(85)93)67(89)16-15-66(88)57(5)59-13-11-58(12-14-59)53-109-79(96)81-21-10-26-108-69-46-63-65(83-50-61-44-56(4)52-87(61)78(63)95)48-71(69)107-25-9-7-8-24-106-70-47-64-62(45-68(70)97-6)77(94)86-51-55(3)43-60(86)49-82-64/h11-14,17-18,45-52,54,57,60-61,76H,7-10,15-16,19-44,53H2,1-6H3,(H,80,90)(H,81,96)(H,84,91)/t57-,60-,61?,76-/m0/s1. The zero-order valence-electron chi connectivity index (χ0n) is 63.5. The predicted octanol–water partition coefficient (Wildman–Crippen LogP) is 7.80. The number of amides is 7. The third kappa shape index (κ3) is 28.3. The SMILES string of the molecule is COc1cc2c(cc1OCCCCCOc1cc3c(cc1OCCCNC(=O)OCc1ccc([C@H](C)C(=O)CCC(=O)[C@@H](NC(=O)CCOCCOCCOCCOCCOCCOCCOCCOCCNC(=O)CCN4C(=O)C=CC4=O)C(C)C)cc1)C(=O)N1C=C(C)CC1C=N3)N=C[C@@H]1CC(C)=CN1C2=O. The zero-order chi connectivity index (χ0) is 77.7. The summed E-state index contributed by atoms with van der Waals surface area (Å²) in [6.45, 7) is 16.6. The van der Waals surface area contributed by atoms with E-state index in [1.165, 1.54) is 12.2 Å². The van der Waals surface area contributed by atoms with Crippen LogP contribution >= 0.6 is 0 Å². The van der Waals surface area contributed by atoms with E-state index in [0.717, 1.165) is 34.5 Å². The number of fused-ring (bicyclic) bond motifs is 4. The summed E-state index contributed by atoms with van der Waals surface area (Å²) in [5.41, 5.74) is 5.50. The molecule has 4 atom stereocenters. The number of benzene rings is 3. The highest BCUT2D eigenvalue weighted by atomic mass is 16.6. The molecule has 8 rings (SSSR count). The van der Waals surface area contributed by atoms with Crippen LogP contribution in [0.3, 0.4) is 0 Å². The number of ether oxygens (including phenoxy) is 13. The summed E-state index contributed by atoms with van der Waals surface area (Å²) in [5.74, 6) is -1.08. The van der Waals surface area contributed by atoms with E-state index in [4.69, 9.17) is 66.6 Å². The van der Waals surface area contributed by atoms with Crippen molar-refractivity contribution < 1.29 is 105 Å². The van der Waals surface area contributed by atoms with E-state index in [1.54, 1.807) is 78.6 Å². The number of methoxy groups -OCH3 is 1. The van der Waals surface area contributed by atoms with Crippen LogP contribution in [0, 0.1) is 5.92 Å². The molecule has 3 N–H and O–H groups in total. The van der Waals surface area contributed by atoms with Crippen molar-refractivity contribution in [1.29, 1.82) is 0 Å². The van der Waals surface area contributed by atoms with Crippen LogP contribution in [-0.4, -0.2) is 251 Å². The minimum absolute atomic E-state index is 0.000165. The fourth-order valence-corrected chi connectivity index (χ4v) is 12.0. The first kappa shape index (κ1) is 85.3. The lowest BCUT2D eigenvalue weighted by molar-refractivity contribution is -0.137. The maximum absolute atomic E-state index is 13.8. The Morgan fingerprint density at radius 2 is 0.954 bits per heavy atom. The third-order valence-electron chi connectivity index (χ3n) is 18.1. The Morgan fingerprint density at radius 1 is 0.495 bits per heavy atom. The summed E-state index contributed by atoms with van der Waals surface area (Å²) in [6, 6.07) is 12.9. The summed E-state index contributed by atoms with van der Waals surface area (Å²) in [6.07, 6.45) is 13.1. The average molecular weight is 1520 g/mol. The van der Waals surface area contributed by atoms with Crippen molar-refractivity contribution in [3.63, 3.8) is 0 Å². The summed E-state index contributed by atoms with van der Waals surface area (Å²) in [7, 11) is 1.54. The van der Waals surface area contributed by atoms with Crippen LogP contribution in [0.2, 0.25) is 0 Å². The fourth-order valence-electron chi connectivity index (χ4n) is 12.0. The van der Waals surface area contributed by atoms with Gasteiger partial charge in [0, 0.05) is 100 Å². The summed E-state index contributed by atoms with van der Waals surface area (Å²) >= 11 is 0. The number of alkyl carbamates (subject to hydrolysis) is 1. The number of Topliss-reactive ketones (excluding diaryl/α,β-unsaturated/α-hetero) is 2. The second-order valence-electron chi connectivity index (χ2n) is 26.9. The van der Waals surface area contributed by atoms with Crippen molar-refractivity contribution >= 4 is 76.9 Å². The highest BCUT2D eigenvalue weighted by Crippen LogP contribution is 2.41. The molecule has 0 aromatic heterocycles. The number of unbranched alkanes of at least 4 members (excludes halogenated alkanes) is 2.